The summed E-state index contributed by atoms with van der Waals surface area (Å²) in [5.74, 6) is 0. The van der Waals surface area contributed by atoms with Gasteiger partial charge in [0.25, 0.3) is 0 Å². The van der Waals surface area contributed by atoms with Crippen LogP contribution in [-0.2, 0) is 0 Å². The molecule has 0 spiro atoms. The molecule has 0 fully saturated rings. The Bertz CT molecular complexity index is 866. The first-order valence-corrected chi connectivity index (χ1v) is 6.14. The largest absolute Gasteiger partial charge is 0.0616 e. The number of hydrogen-bond acceptors (Lipinski definition) is 0. The molecule has 0 aliphatic heterocycles. The van der Waals surface area contributed by atoms with Gasteiger partial charge in [0.1, 0.15) is 0 Å². The molecule has 0 nitrogen and oxygen atoms in total. The lowest BCUT2D eigenvalue weighted by Crippen LogP contribution is -1.79. The van der Waals surface area contributed by atoms with Crippen LogP contribution < -0.4 is 0 Å². The van der Waals surface area contributed by atoms with Crippen LogP contribution in [0.3, 0.4) is 0 Å². The van der Waals surface area contributed by atoms with Crippen LogP contribution in [0.2, 0.25) is 0 Å². The number of benzene rings is 4. The summed E-state index contributed by atoms with van der Waals surface area (Å²) in [6, 6.07) is 26.9. The van der Waals surface area contributed by atoms with E-state index in [0.29, 0.717) is 0 Å². The van der Waals surface area contributed by atoms with Gasteiger partial charge in [-0.05, 0) is 50.5 Å². The second-order valence-corrected chi connectivity index (χ2v) is 4.62. The van der Waals surface area contributed by atoms with E-state index in [1.165, 1.54) is 32.3 Å². The maximum Gasteiger partial charge on any atom is -0.00987 e. The molecule has 0 aliphatic rings. The Morgan fingerprint density at radius 3 is 2.33 bits per heavy atom. The van der Waals surface area contributed by atoms with Crippen molar-refractivity contribution in [3.8, 4) is 0 Å². The van der Waals surface area contributed by atoms with Crippen LogP contribution in [0.1, 0.15) is 0 Å². The molecule has 0 saturated heterocycles. The molecule has 0 saturated carbocycles. The van der Waals surface area contributed by atoms with E-state index in [4.69, 9.17) is 0 Å². The average molecular weight is 227 g/mol. The van der Waals surface area contributed by atoms with Crippen LogP contribution in [0.25, 0.3) is 32.3 Å². The van der Waals surface area contributed by atoms with Gasteiger partial charge in [0.15, 0.2) is 0 Å². The van der Waals surface area contributed by atoms with Crippen LogP contribution in [0.5, 0.6) is 0 Å². The smallest absolute Gasteiger partial charge is 0.00987 e. The van der Waals surface area contributed by atoms with Gasteiger partial charge in [-0.1, -0.05) is 54.6 Å². The third-order valence-corrected chi connectivity index (χ3v) is 3.53. The van der Waals surface area contributed by atoms with Crippen molar-refractivity contribution in [1.82, 2.24) is 0 Å². The lowest BCUT2D eigenvalue weighted by Gasteiger charge is -2.05. The highest BCUT2D eigenvalue weighted by Crippen LogP contribution is 2.28. The van der Waals surface area contributed by atoms with Gasteiger partial charge in [0.2, 0.25) is 0 Å². The molecule has 0 unspecified atom stereocenters. The summed E-state index contributed by atoms with van der Waals surface area (Å²) in [4.78, 5) is 0. The summed E-state index contributed by atoms with van der Waals surface area (Å²) in [7, 11) is 0. The minimum Gasteiger partial charge on any atom is -0.0616 e. The predicted octanol–water partition coefficient (Wildman–Crippen LogP) is 4.95. The van der Waals surface area contributed by atoms with Gasteiger partial charge in [-0.15, -0.1) is 0 Å². The Labute approximate surface area is 105 Å². The van der Waals surface area contributed by atoms with E-state index in [0.717, 1.165) is 0 Å². The van der Waals surface area contributed by atoms with Crippen LogP contribution in [0.15, 0.2) is 66.7 Å². The summed E-state index contributed by atoms with van der Waals surface area (Å²) in [6.07, 6.45) is 0. The molecule has 0 heteroatoms. The van der Waals surface area contributed by atoms with Gasteiger partial charge in [-0.2, -0.15) is 0 Å². The van der Waals surface area contributed by atoms with Crippen molar-refractivity contribution in [2.45, 2.75) is 0 Å². The molecule has 0 bridgehead atoms. The SMILES string of the molecule is [c]1cccc2c1ccc1cc3ccccc3cc12. The normalized spacial score (nSPS) is 11.3. The molecule has 1 radical (unpaired) electrons. The van der Waals surface area contributed by atoms with Crippen LogP contribution in [0.4, 0.5) is 0 Å². The van der Waals surface area contributed by atoms with Crippen molar-refractivity contribution in [3.05, 3.63) is 72.8 Å². The molecule has 0 heterocycles. The fraction of sp³-hybridized carbons (Fsp3) is 0. The molecular weight excluding hydrogens is 216 g/mol. The van der Waals surface area contributed by atoms with Gasteiger partial charge in [0.05, 0.1) is 0 Å². The molecule has 4 aromatic carbocycles. The fourth-order valence-electron chi connectivity index (χ4n) is 2.62. The third kappa shape index (κ3) is 1.32. The van der Waals surface area contributed by atoms with Gasteiger partial charge in [0, 0.05) is 0 Å². The van der Waals surface area contributed by atoms with E-state index in [-0.39, 0.29) is 0 Å². The Morgan fingerprint density at radius 2 is 1.44 bits per heavy atom. The van der Waals surface area contributed by atoms with Crippen LogP contribution >= 0.6 is 0 Å². The van der Waals surface area contributed by atoms with Crippen molar-refractivity contribution in [2.75, 3.05) is 0 Å². The minimum atomic E-state index is 1.18. The predicted molar refractivity (Wildman–Crippen MR) is 77.8 cm³/mol. The monoisotopic (exact) mass is 227 g/mol. The van der Waals surface area contributed by atoms with E-state index >= 15 is 0 Å². The van der Waals surface area contributed by atoms with E-state index < -0.39 is 0 Å². The van der Waals surface area contributed by atoms with E-state index in [1.807, 2.05) is 6.07 Å². The van der Waals surface area contributed by atoms with Gasteiger partial charge in [-0.3, -0.25) is 0 Å². The maximum atomic E-state index is 3.29. The standard InChI is InChI=1S/C18H11/c1-2-7-15-12-18-16(11-14(15)6-1)10-9-13-5-3-4-8-17(13)18/h1-4,6-12H. The molecule has 0 N–H and O–H groups in total. The van der Waals surface area contributed by atoms with E-state index in [1.54, 1.807) is 0 Å². The topological polar surface area (TPSA) is 0 Å². The highest BCUT2D eigenvalue weighted by Gasteiger charge is 2.01. The van der Waals surface area contributed by atoms with Crippen LogP contribution in [-0.4, -0.2) is 0 Å². The molecular formula is C18H11. The number of fused-ring (bicyclic) bond motifs is 4. The van der Waals surface area contributed by atoms with Crippen molar-refractivity contribution < 1.29 is 0 Å². The molecule has 0 aromatic heterocycles. The van der Waals surface area contributed by atoms with Gasteiger partial charge >= 0.3 is 0 Å². The molecule has 83 valence electrons. The Balaban J connectivity index is 2.27. The molecule has 0 amide bonds. The quantitative estimate of drug-likeness (QED) is 0.294. The summed E-state index contributed by atoms with van der Waals surface area (Å²) < 4.78 is 0. The second-order valence-electron chi connectivity index (χ2n) is 4.62. The zero-order valence-electron chi connectivity index (χ0n) is 9.85. The second kappa shape index (κ2) is 3.58. The van der Waals surface area contributed by atoms with E-state index in [2.05, 4.69) is 66.7 Å². The number of hydrogen-bond donors (Lipinski definition) is 0. The van der Waals surface area contributed by atoms with Gasteiger partial charge < -0.3 is 0 Å². The Hall–Kier alpha value is -2.34. The first-order chi connectivity index (χ1) is 8.92. The lowest BCUT2D eigenvalue weighted by molar-refractivity contribution is 1.76. The Kier molecular flexibility index (Phi) is 1.92. The minimum absolute atomic E-state index is 1.18. The average Bonchev–Trinajstić information content (AvgIpc) is 2.45. The van der Waals surface area contributed by atoms with Crippen molar-refractivity contribution in [2.24, 2.45) is 0 Å². The molecule has 0 atom stereocenters. The third-order valence-electron chi connectivity index (χ3n) is 3.53. The van der Waals surface area contributed by atoms with Gasteiger partial charge in [-0.25, -0.2) is 0 Å². The summed E-state index contributed by atoms with van der Waals surface area (Å²) in [6.45, 7) is 0. The van der Waals surface area contributed by atoms with Crippen molar-refractivity contribution in [3.63, 3.8) is 0 Å². The fourth-order valence-corrected chi connectivity index (χ4v) is 2.62. The van der Waals surface area contributed by atoms with Crippen LogP contribution in [0, 0.1) is 6.07 Å². The lowest BCUT2D eigenvalue weighted by atomic mass is 9.98. The molecule has 0 aliphatic carbocycles. The van der Waals surface area contributed by atoms with Crippen molar-refractivity contribution >= 4 is 32.3 Å². The number of rotatable bonds is 0. The zero-order chi connectivity index (χ0) is 11.9. The van der Waals surface area contributed by atoms with Crippen molar-refractivity contribution in [1.29, 1.82) is 0 Å². The molecule has 18 heavy (non-hydrogen) atoms. The maximum absolute atomic E-state index is 3.29. The van der Waals surface area contributed by atoms with E-state index in [9.17, 15) is 0 Å². The first kappa shape index (κ1) is 9.67. The summed E-state index contributed by atoms with van der Waals surface area (Å²) in [5.41, 5.74) is 0. The zero-order valence-corrected chi connectivity index (χ0v) is 9.85. The first-order valence-electron chi connectivity index (χ1n) is 6.14. The molecule has 4 rings (SSSR count). The summed E-state index contributed by atoms with van der Waals surface area (Å²) in [5, 5.41) is 7.65. The molecule has 4 aromatic rings. The highest BCUT2D eigenvalue weighted by atomic mass is 14.1. The Morgan fingerprint density at radius 1 is 0.611 bits per heavy atom. The highest BCUT2D eigenvalue weighted by molar-refractivity contribution is 6.11. The summed E-state index contributed by atoms with van der Waals surface area (Å²) >= 11 is 0.